The van der Waals surface area contributed by atoms with Crippen molar-refractivity contribution >= 4 is 0 Å². The first-order valence-electron chi connectivity index (χ1n) is 35.3. The van der Waals surface area contributed by atoms with Crippen molar-refractivity contribution in [3.05, 3.63) is 294 Å². The largest absolute Gasteiger partial charge is 0.494 e. The van der Waals surface area contributed by atoms with Crippen LogP contribution in [0.3, 0.4) is 0 Å². The predicted molar refractivity (Wildman–Crippen MR) is 408 cm³/mol. The van der Waals surface area contributed by atoms with Crippen molar-refractivity contribution in [2.75, 3.05) is 13.2 Å². The first-order chi connectivity index (χ1) is 45.5. The maximum atomic E-state index is 9.88. The molecular weight excluding hydrogens is 1160 g/mol. The fourth-order valence-electron chi connectivity index (χ4n) is 10.1. The highest BCUT2D eigenvalue weighted by molar-refractivity contribution is 5.37. The van der Waals surface area contributed by atoms with Gasteiger partial charge in [0.15, 0.2) is 0 Å². The summed E-state index contributed by atoms with van der Waals surface area (Å²) >= 11 is 0. The second-order valence-electron chi connectivity index (χ2n) is 27.8. The highest BCUT2D eigenvalue weighted by Crippen LogP contribution is 2.38. The van der Waals surface area contributed by atoms with Gasteiger partial charge in [0, 0.05) is 61.1 Å². The molecule has 0 amide bonds. The van der Waals surface area contributed by atoms with E-state index in [2.05, 4.69) is 248 Å². The number of aromatic nitrogens is 4. The highest BCUT2D eigenvalue weighted by atomic mass is 16.5. The van der Waals surface area contributed by atoms with Gasteiger partial charge < -0.3 is 14.9 Å². The number of hydrogen-bond donors (Lipinski definition) is 2. The number of ether oxygens (including phenoxy) is 1. The van der Waals surface area contributed by atoms with E-state index >= 15 is 0 Å². The van der Waals surface area contributed by atoms with Gasteiger partial charge in [-0.05, 0) is 185 Å². The molecule has 10 rings (SSSR count). The van der Waals surface area contributed by atoms with Crippen LogP contribution in [-0.4, -0.2) is 49.5 Å². The van der Waals surface area contributed by atoms with Crippen molar-refractivity contribution in [2.24, 2.45) is 41.4 Å². The highest BCUT2D eigenvalue weighted by Gasteiger charge is 2.32. The van der Waals surface area contributed by atoms with E-state index in [1.165, 1.54) is 51.1 Å². The molecule has 5 aromatic carbocycles. The molecule has 514 valence electrons. The molecule has 1 aliphatic rings. The molecular formula is C88H124N4O3. The summed E-state index contributed by atoms with van der Waals surface area (Å²) in [5.41, 5.74) is 11.8. The molecule has 0 saturated carbocycles. The maximum absolute atomic E-state index is 9.88. The van der Waals surface area contributed by atoms with E-state index in [-0.39, 0.29) is 12.7 Å². The monoisotopic (exact) mass is 1280 g/mol. The quantitative estimate of drug-likeness (QED) is 0.0882. The summed E-state index contributed by atoms with van der Waals surface area (Å²) in [5.74, 6) is 7.49. The van der Waals surface area contributed by atoms with Crippen LogP contribution in [0, 0.1) is 41.4 Å². The molecule has 0 radical (unpaired) electrons. The summed E-state index contributed by atoms with van der Waals surface area (Å²) in [5, 5.41) is 19.0. The molecule has 2 N–H and O–H groups in total. The Morgan fingerprint density at radius 1 is 0.411 bits per heavy atom. The van der Waals surface area contributed by atoms with Crippen LogP contribution < -0.4 is 4.74 Å². The lowest BCUT2D eigenvalue weighted by molar-refractivity contribution is 0.136. The minimum Gasteiger partial charge on any atom is -0.494 e. The van der Waals surface area contributed by atoms with E-state index in [0.29, 0.717) is 53.3 Å². The molecule has 1 aliphatic carbocycles. The average Bonchev–Trinajstić information content (AvgIpc) is 1.67. The first kappa shape index (κ1) is 83.5. The minimum atomic E-state index is -0.169. The van der Waals surface area contributed by atoms with Gasteiger partial charge in [-0.15, -0.1) is 0 Å². The molecule has 7 heteroatoms. The summed E-state index contributed by atoms with van der Waals surface area (Å²) in [6, 6.07) is 70.0. The summed E-state index contributed by atoms with van der Waals surface area (Å²) in [6.45, 7) is 40.5. The Bertz CT molecular complexity index is 2930. The maximum Gasteiger partial charge on any atom is 0.119 e. The molecule has 0 aliphatic heterocycles. The molecule has 0 spiro atoms. The van der Waals surface area contributed by atoms with Crippen LogP contribution in [0.1, 0.15) is 205 Å². The summed E-state index contributed by atoms with van der Waals surface area (Å²) < 4.78 is 5.52. The normalized spacial score (nSPS) is 12.9. The first-order valence-corrected chi connectivity index (χ1v) is 35.3. The number of fused-ring (bicyclic) bond motifs is 1. The van der Waals surface area contributed by atoms with Crippen LogP contribution in [0.15, 0.2) is 243 Å². The van der Waals surface area contributed by atoms with E-state index in [0.717, 1.165) is 62.0 Å². The third-order valence-electron chi connectivity index (χ3n) is 15.5. The number of aliphatic hydroxyl groups excluding tert-OH is 2. The second-order valence-corrected chi connectivity index (χ2v) is 27.8. The van der Waals surface area contributed by atoms with Gasteiger partial charge in [-0.3, -0.25) is 19.9 Å². The fraction of sp³-hybridized carbons (Fsp3) is 0.432. The van der Waals surface area contributed by atoms with E-state index in [1.54, 1.807) is 6.20 Å². The number of para-hydroxylation sites is 1. The number of pyridine rings is 4. The molecule has 9 aromatic rings. The Kier molecular flexibility index (Phi) is 44.7. The van der Waals surface area contributed by atoms with Gasteiger partial charge in [-0.25, -0.2) is 0 Å². The molecule has 4 aromatic heterocycles. The van der Waals surface area contributed by atoms with E-state index in [1.807, 2.05) is 134 Å². The Labute approximate surface area is 578 Å². The number of aliphatic hydroxyl groups is 2. The molecule has 7 nitrogen and oxygen atoms in total. The van der Waals surface area contributed by atoms with Gasteiger partial charge in [-0.2, -0.15) is 0 Å². The van der Waals surface area contributed by atoms with E-state index in [4.69, 9.17) is 9.84 Å². The molecule has 0 fully saturated rings. The predicted octanol–water partition coefficient (Wildman–Crippen LogP) is 22.6. The van der Waals surface area contributed by atoms with Crippen molar-refractivity contribution in [1.82, 2.24) is 19.9 Å². The lowest BCUT2D eigenvalue weighted by Gasteiger charge is -2.19. The minimum absolute atomic E-state index is 0.169. The van der Waals surface area contributed by atoms with Crippen molar-refractivity contribution < 1.29 is 14.9 Å². The van der Waals surface area contributed by atoms with Crippen molar-refractivity contribution in [3.63, 3.8) is 0 Å². The summed E-state index contributed by atoms with van der Waals surface area (Å²) in [4.78, 5) is 16.4. The van der Waals surface area contributed by atoms with Crippen LogP contribution in [0.4, 0.5) is 0 Å². The van der Waals surface area contributed by atoms with Crippen LogP contribution in [0.2, 0.25) is 0 Å². The zero-order valence-corrected chi connectivity index (χ0v) is 61.8. The van der Waals surface area contributed by atoms with E-state index < -0.39 is 0 Å². The Hall–Kier alpha value is -7.58. The van der Waals surface area contributed by atoms with Gasteiger partial charge in [-0.1, -0.05) is 282 Å². The standard InChI is InChI=1S/C12H16O.C12H18O.C11H16O.C10H14.2C9H13N.C9H12.2C8H11N/c1-8(2)12-10-6-4-3-5-9(10)7-11(12)13;1-10(2)12(9-13)8-11-6-4-3-5-7-11;1-10(2)8-9-12-11-6-4-3-5-7-11;1-9(2)8-10-6-4-3-5-7-10;1-8(2)6-9-4-3-5-10-7-9;1-8(2)7-9-5-3-4-6-10-9;1-8(2)9-6-4-3-5-7-9;1-7(2)8-4-3-5-9-6-8;1-7(2)8-5-3-4-6-9-8/h3-6,8,11-13H,7H2,1-2H3;3-7,10,12-13H,8-9H2,1-2H3;3-7,10H,8-9H2,1-2H3;3-7,9H,8H2,1-2H3;3-5,7-8H,6H2,1-2H3;3-6,8H,7H2,1-2H3;3-8H,1-2H3;2*3-7H,1-2H3/t11?,12-;;;;;;;;/m1......../s1. The van der Waals surface area contributed by atoms with Crippen LogP contribution >= 0.6 is 0 Å². The third-order valence-corrected chi connectivity index (χ3v) is 15.5. The number of benzene rings is 5. The van der Waals surface area contributed by atoms with Gasteiger partial charge >= 0.3 is 0 Å². The zero-order valence-electron chi connectivity index (χ0n) is 61.8. The van der Waals surface area contributed by atoms with Crippen LogP contribution in [0.5, 0.6) is 5.75 Å². The Morgan fingerprint density at radius 2 is 0.874 bits per heavy atom. The zero-order chi connectivity index (χ0) is 70.2. The molecule has 95 heavy (non-hydrogen) atoms. The van der Waals surface area contributed by atoms with Crippen molar-refractivity contribution in [1.29, 1.82) is 0 Å². The Morgan fingerprint density at radius 3 is 1.28 bits per heavy atom. The van der Waals surface area contributed by atoms with E-state index in [9.17, 15) is 5.11 Å². The number of rotatable bonds is 18. The number of hydrogen-bond acceptors (Lipinski definition) is 7. The summed E-state index contributed by atoms with van der Waals surface area (Å²) in [6.07, 6.45) is 17.3. The third kappa shape index (κ3) is 40.4. The summed E-state index contributed by atoms with van der Waals surface area (Å²) in [7, 11) is 0. The smallest absolute Gasteiger partial charge is 0.119 e. The van der Waals surface area contributed by atoms with Gasteiger partial charge in [0.25, 0.3) is 0 Å². The Balaban J connectivity index is 0.000000365. The average molecular weight is 1290 g/mol. The molecule has 4 heterocycles. The van der Waals surface area contributed by atoms with Crippen LogP contribution in [0.25, 0.3) is 0 Å². The lowest BCUT2D eigenvalue weighted by Crippen LogP contribution is -2.18. The van der Waals surface area contributed by atoms with Gasteiger partial charge in [0.2, 0.25) is 0 Å². The lowest BCUT2D eigenvalue weighted by atomic mass is 9.89. The molecule has 0 bridgehead atoms. The molecule has 0 saturated heterocycles. The number of nitrogens with zero attached hydrogens (tertiary/aromatic N) is 4. The molecule has 3 atom stereocenters. The SMILES string of the molecule is CC(C)C(CO)Cc1ccccc1.CC(C)CCOc1ccccc1.CC(C)Cc1ccccc1.CC(C)Cc1ccccn1.CC(C)Cc1cccnc1.CC(C)[C@@H]1c2ccccc2CC1O.CC(C)c1ccccc1.CC(C)c1ccccn1.CC(C)c1cccnc1. The topological polar surface area (TPSA) is 101 Å². The van der Waals surface area contributed by atoms with Crippen LogP contribution in [-0.2, 0) is 32.1 Å². The fourth-order valence-corrected chi connectivity index (χ4v) is 10.1. The second kappa shape index (κ2) is 50.8. The van der Waals surface area contributed by atoms with Crippen molar-refractivity contribution in [3.8, 4) is 5.75 Å². The van der Waals surface area contributed by atoms with Gasteiger partial charge in [0.05, 0.1) is 12.7 Å². The van der Waals surface area contributed by atoms with Crippen molar-refractivity contribution in [2.45, 2.75) is 193 Å². The van der Waals surface area contributed by atoms with Gasteiger partial charge in [0.1, 0.15) is 5.75 Å². The molecule has 2 unspecified atom stereocenters.